The van der Waals surface area contributed by atoms with Crippen LogP contribution in [-0.4, -0.2) is 23.4 Å². The Bertz CT molecular complexity index is 381. The van der Waals surface area contributed by atoms with Crippen molar-refractivity contribution in [1.29, 1.82) is 5.26 Å². The second-order valence-electron chi connectivity index (χ2n) is 3.65. The van der Waals surface area contributed by atoms with Crippen molar-refractivity contribution >= 4 is 0 Å². The summed E-state index contributed by atoms with van der Waals surface area (Å²) in [7, 11) is 0. The summed E-state index contributed by atoms with van der Waals surface area (Å²) < 4.78 is 13.1. The summed E-state index contributed by atoms with van der Waals surface area (Å²) in [5.74, 6) is -0.423. The molecule has 0 aromatic heterocycles. The lowest BCUT2D eigenvalue weighted by Crippen LogP contribution is -2.27. The Morgan fingerprint density at radius 1 is 1.25 bits per heavy atom. The molecule has 0 atom stereocenters. The molecule has 1 aromatic rings. The van der Waals surface area contributed by atoms with Gasteiger partial charge in [0.1, 0.15) is 5.82 Å². The number of nitriles is 1. The van der Waals surface area contributed by atoms with Gasteiger partial charge in [0.2, 0.25) is 0 Å². The SMILES string of the molecule is N#CC(CCO)(CCO)c1cccc(F)c1. The van der Waals surface area contributed by atoms with Gasteiger partial charge in [0.25, 0.3) is 0 Å². The zero-order valence-corrected chi connectivity index (χ0v) is 8.86. The van der Waals surface area contributed by atoms with Crippen molar-refractivity contribution in [1.82, 2.24) is 0 Å². The maximum atomic E-state index is 13.1. The Kier molecular flexibility index (Phi) is 4.41. The molecule has 3 nitrogen and oxygen atoms in total. The summed E-state index contributed by atoms with van der Waals surface area (Å²) in [6.07, 6.45) is 0.376. The fourth-order valence-corrected chi connectivity index (χ4v) is 1.76. The average Bonchev–Trinajstić information content (AvgIpc) is 2.28. The number of halogens is 1. The van der Waals surface area contributed by atoms with E-state index in [1.807, 2.05) is 0 Å². The molecule has 0 radical (unpaired) electrons. The van der Waals surface area contributed by atoms with Gasteiger partial charge in [-0.3, -0.25) is 0 Å². The fraction of sp³-hybridized carbons (Fsp3) is 0.417. The Morgan fingerprint density at radius 3 is 2.31 bits per heavy atom. The van der Waals surface area contributed by atoms with Crippen LogP contribution in [0.15, 0.2) is 24.3 Å². The van der Waals surface area contributed by atoms with Crippen molar-refractivity contribution in [2.24, 2.45) is 0 Å². The van der Waals surface area contributed by atoms with E-state index < -0.39 is 11.2 Å². The van der Waals surface area contributed by atoms with Gasteiger partial charge < -0.3 is 10.2 Å². The highest BCUT2D eigenvalue weighted by Gasteiger charge is 2.31. The Morgan fingerprint density at radius 2 is 1.88 bits per heavy atom. The molecule has 2 N–H and O–H groups in total. The van der Waals surface area contributed by atoms with E-state index in [1.54, 1.807) is 6.07 Å². The van der Waals surface area contributed by atoms with E-state index in [9.17, 15) is 9.65 Å². The summed E-state index contributed by atoms with van der Waals surface area (Å²) in [4.78, 5) is 0. The van der Waals surface area contributed by atoms with Crippen LogP contribution in [0.4, 0.5) is 4.39 Å². The summed E-state index contributed by atoms with van der Waals surface area (Å²) in [5.41, 5.74) is -0.510. The Hall–Kier alpha value is -1.44. The monoisotopic (exact) mass is 223 g/mol. The quantitative estimate of drug-likeness (QED) is 0.792. The molecular formula is C12H14FNO2. The molecule has 0 fully saturated rings. The van der Waals surface area contributed by atoms with Crippen molar-refractivity contribution in [3.05, 3.63) is 35.6 Å². The third-order valence-electron chi connectivity index (χ3n) is 2.67. The normalized spacial score (nSPS) is 11.1. The average molecular weight is 223 g/mol. The molecular weight excluding hydrogens is 209 g/mol. The summed E-state index contributed by atoms with van der Waals surface area (Å²) in [6, 6.07) is 7.80. The molecule has 0 saturated carbocycles. The predicted octanol–water partition coefficient (Wildman–Crippen LogP) is 1.35. The molecule has 1 rings (SSSR count). The fourth-order valence-electron chi connectivity index (χ4n) is 1.76. The lowest BCUT2D eigenvalue weighted by Gasteiger charge is -2.25. The van der Waals surface area contributed by atoms with E-state index in [2.05, 4.69) is 6.07 Å². The molecule has 1 aromatic carbocycles. The molecule has 0 saturated heterocycles. The summed E-state index contributed by atoms with van der Waals surface area (Å²) in [6.45, 7) is -0.353. The first-order chi connectivity index (χ1) is 7.68. The van der Waals surface area contributed by atoms with Crippen LogP contribution in [-0.2, 0) is 5.41 Å². The molecule has 0 amide bonds. The van der Waals surface area contributed by atoms with Crippen molar-refractivity contribution in [3.63, 3.8) is 0 Å². The molecule has 0 bridgehead atoms. The minimum absolute atomic E-state index is 0.177. The molecule has 0 unspecified atom stereocenters. The lowest BCUT2D eigenvalue weighted by molar-refractivity contribution is 0.217. The molecule has 0 heterocycles. The van der Waals surface area contributed by atoms with Crippen molar-refractivity contribution in [2.75, 3.05) is 13.2 Å². The lowest BCUT2D eigenvalue weighted by atomic mass is 9.76. The van der Waals surface area contributed by atoms with E-state index in [-0.39, 0.29) is 26.1 Å². The van der Waals surface area contributed by atoms with Crippen LogP contribution in [0.2, 0.25) is 0 Å². The van der Waals surface area contributed by atoms with Crippen molar-refractivity contribution in [3.8, 4) is 6.07 Å². The number of hydrogen-bond donors (Lipinski definition) is 2. The summed E-state index contributed by atoms with van der Waals surface area (Å²) in [5, 5.41) is 27.1. The van der Waals surface area contributed by atoms with Gasteiger partial charge in [-0.2, -0.15) is 5.26 Å². The van der Waals surface area contributed by atoms with Gasteiger partial charge in [-0.15, -0.1) is 0 Å². The molecule has 0 aliphatic carbocycles. The van der Waals surface area contributed by atoms with Crippen LogP contribution < -0.4 is 0 Å². The second kappa shape index (κ2) is 5.59. The standard InChI is InChI=1S/C12H14FNO2/c13-11-3-1-2-10(8-11)12(9-14,4-6-15)5-7-16/h1-3,8,15-16H,4-7H2. The molecule has 4 heteroatoms. The van der Waals surface area contributed by atoms with Gasteiger partial charge in [-0.1, -0.05) is 12.1 Å². The van der Waals surface area contributed by atoms with E-state index in [4.69, 9.17) is 10.2 Å². The first-order valence-electron chi connectivity index (χ1n) is 5.07. The highest BCUT2D eigenvalue weighted by molar-refractivity contribution is 5.32. The largest absolute Gasteiger partial charge is 0.396 e. The minimum atomic E-state index is -1.01. The topological polar surface area (TPSA) is 64.2 Å². The molecule has 0 aliphatic rings. The number of aliphatic hydroxyl groups is 2. The van der Waals surface area contributed by atoms with Crippen LogP contribution >= 0.6 is 0 Å². The van der Waals surface area contributed by atoms with Gasteiger partial charge in [0.05, 0.1) is 11.5 Å². The van der Waals surface area contributed by atoms with E-state index >= 15 is 0 Å². The van der Waals surface area contributed by atoms with Gasteiger partial charge >= 0.3 is 0 Å². The van der Waals surface area contributed by atoms with Crippen LogP contribution in [0.5, 0.6) is 0 Å². The first kappa shape index (κ1) is 12.6. The number of hydrogen-bond acceptors (Lipinski definition) is 3. The number of aliphatic hydroxyl groups excluding tert-OH is 2. The van der Waals surface area contributed by atoms with Crippen molar-refractivity contribution in [2.45, 2.75) is 18.3 Å². The van der Waals surface area contributed by atoms with Crippen LogP contribution in [0.25, 0.3) is 0 Å². The molecule has 16 heavy (non-hydrogen) atoms. The van der Waals surface area contributed by atoms with Gasteiger partial charge in [-0.25, -0.2) is 4.39 Å². The maximum absolute atomic E-state index is 13.1. The minimum Gasteiger partial charge on any atom is -0.396 e. The van der Waals surface area contributed by atoms with Gasteiger partial charge in [0, 0.05) is 13.2 Å². The number of rotatable bonds is 5. The maximum Gasteiger partial charge on any atom is 0.123 e. The Labute approximate surface area is 93.8 Å². The molecule has 0 spiro atoms. The van der Waals surface area contributed by atoms with Crippen molar-refractivity contribution < 1.29 is 14.6 Å². The van der Waals surface area contributed by atoms with Gasteiger partial charge in [-0.05, 0) is 30.5 Å². The highest BCUT2D eigenvalue weighted by atomic mass is 19.1. The van der Waals surface area contributed by atoms with E-state index in [1.165, 1.54) is 18.2 Å². The zero-order valence-electron chi connectivity index (χ0n) is 8.86. The third-order valence-corrected chi connectivity index (χ3v) is 2.67. The van der Waals surface area contributed by atoms with E-state index in [0.717, 1.165) is 0 Å². The van der Waals surface area contributed by atoms with Crippen LogP contribution in [0.3, 0.4) is 0 Å². The molecule has 0 aliphatic heterocycles. The first-order valence-corrected chi connectivity index (χ1v) is 5.07. The Balaban J connectivity index is 3.14. The van der Waals surface area contributed by atoms with Gasteiger partial charge in [0.15, 0.2) is 0 Å². The smallest absolute Gasteiger partial charge is 0.123 e. The van der Waals surface area contributed by atoms with Crippen LogP contribution in [0.1, 0.15) is 18.4 Å². The highest BCUT2D eigenvalue weighted by Crippen LogP contribution is 2.31. The second-order valence-corrected chi connectivity index (χ2v) is 3.65. The predicted molar refractivity (Wildman–Crippen MR) is 57.1 cm³/mol. The zero-order chi connectivity index (χ0) is 12.0. The molecule has 86 valence electrons. The van der Waals surface area contributed by atoms with Crippen LogP contribution in [0, 0.1) is 17.1 Å². The number of nitrogens with zero attached hydrogens (tertiary/aromatic N) is 1. The third kappa shape index (κ3) is 2.57. The van der Waals surface area contributed by atoms with E-state index in [0.29, 0.717) is 5.56 Å². The number of benzene rings is 1. The summed E-state index contributed by atoms with van der Waals surface area (Å²) >= 11 is 0.